The zero-order valence-corrected chi connectivity index (χ0v) is 9.75. The Labute approximate surface area is 93.7 Å². The van der Waals surface area contributed by atoms with E-state index in [9.17, 15) is 4.79 Å². The molecule has 0 bridgehead atoms. The lowest BCUT2D eigenvalue weighted by molar-refractivity contribution is 0.101. The predicted molar refractivity (Wildman–Crippen MR) is 61.6 cm³/mol. The molecule has 2 aromatic heterocycles. The predicted octanol–water partition coefficient (Wildman–Crippen LogP) is 3.22. The summed E-state index contributed by atoms with van der Waals surface area (Å²) in [6.07, 6.45) is 1.77. The van der Waals surface area contributed by atoms with Gasteiger partial charge in [-0.25, -0.2) is 4.98 Å². The summed E-state index contributed by atoms with van der Waals surface area (Å²) in [6.45, 7) is 5.47. The van der Waals surface area contributed by atoms with Crippen LogP contribution >= 0.6 is 11.6 Å². The van der Waals surface area contributed by atoms with E-state index in [0.717, 1.165) is 0 Å². The summed E-state index contributed by atoms with van der Waals surface area (Å²) in [5.41, 5.74) is 1.13. The Morgan fingerprint density at radius 2 is 2.07 bits per heavy atom. The Kier molecular flexibility index (Phi) is 3.86. The highest BCUT2D eigenvalue weighted by Crippen LogP contribution is 2.17. The van der Waals surface area contributed by atoms with Crippen molar-refractivity contribution in [1.29, 1.82) is 0 Å². The van der Waals surface area contributed by atoms with Crippen LogP contribution in [0.4, 0.5) is 0 Å². The van der Waals surface area contributed by atoms with Gasteiger partial charge in [0, 0.05) is 13.1 Å². The fourth-order valence-corrected chi connectivity index (χ4v) is 1.59. The van der Waals surface area contributed by atoms with Crippen LogP contribution in [0.1, 0.15) is 31.3 Å². The van der Waals surface area contributed by atoms with Gasteiger partial charge >= 0.3 is 0 Å². The van der Waals surface area contributed by atoms with Gasteiger partial charge in [-0.05, 0) is 12.1 Å². The second kappa shape index (κ2) is 4.94. The molecular weight excluding hydrogens is 212 g/mol. The molecule has 3 nitrogen and oxygen atoms in total. The van der Waals surface area contributed by atoms with Crippen LogP contribution in [0.2, 0.25) is 5.15 Å². The first-order chi connectivity index (χ1) is 7.20. The topological polar surface area (TPSA) is 34.4 Å². The SMILES string of the molecule is CC.CC(=O)c1c(Cl)nc2ccccn12. The molecule has 0 N–H and O–H groups in total. The van der Waals surface area contributed by atoms with Gasteiger partial charge < -0.3 is 0 Å². The minimum absolute atomic E-state index is 0.0799. The normalized spacial score (nSPS) is 9.60. The summed E-state index contributed by atoms with van der Waals surface area (Å²) < 4.78 is 1.69. The third-order valence-corrected chi connectivity index (χ3v) is 2.08. The number of carbonyl (C=O) groups excluding carboxylic acids is 1. The van der Waals surface area contributed by atoms with Crippen molar-refractivity contribution in [3.8, 4) is 0 Å². The van der Waals surface area contributed by atoms with Gasteiger partial charge in [-0.1, -0.05) is 31.5 Å². The van der Waals surface area contributed by atoms with E-state index in [1.165, 1.54) is 6.92 Å². The number of rotatable bonds is 1. The van der Waals surface area contributed by atoms with E-state index in [1.54, 1.807) is 16.7 Å². The molecule has 80 valence electrons. The first kappa shape index (κ1) is 11.7. The molecule has 0 aromatic carbocycles. The number of imidazole rings is 1. The molecule has 0 aliphatic heterocycles. The first-order valence-corrected chi connectivity index (χ1v) is 5.21. The van der Waals surface area contributed by atoms with Crippen LogP contribution in [0.15, 0.2) is 24.4 Å². The van der Waals surface area contributed by atoms with Gasteiger partial charge in [0.2, 0.25) is 0 Å². The second-order valence-corrected chi connectivity index (χ2v) is 3.09. The van der Waals surface area contributed by atoms with E-state index in [2.05, 4.69) is 4.98 Å². The van der Waals surface area contributed by atoms with Crippen molar-refractivity contribution >= 4 is 23.0 Å². The third-order valence-electron chi connectivity index (χ3n) is 1.82. The summed E-state index contributed by atoms with van der Waals surface area (Å²) in [7, 11) is 0. The van der Waals surface area contributed by atoms with Crippen molar-refractivity contribution in [2.45, 2.75) is 20.8 Å². The van der Waals surface area contributed by atoms with Crippen molar-refractivity contribution in [2.75, 3.05) is 0 Å². The molecule has 0 fully saturated rings. The van der Waals surface area contributed by atoms with Crippen molar-refractivity contribution in [1.82, 2.24) is 9.38 Å². The summed E-state index contributed by atoms with van der Waals surface area (Å²) in [5, 5.41) is 0.263. The molecule has 4 heteroatoms. The van der Waals surface area contributed by atoms with Gasteiger partial charge in [-0.15, -0.1) is 0 Å². The number of Topliss-reactive ketones (excluding diaryl/α,β-unsaturated/α-hetero) is 1. The number of aromatic nitrogens is 2. The van der Waals surface area contributed by atoms with E-state index < -0.39 is 0 Å². The van der Waals surface area contributed by atoms with Crippen molar-refractivity contribution in [3.05, 3.63) is 35.2 Å². The van der Waals surface area contributed by atoms with Crippen LogP contribution in [-0.4, -0.2) is 15.2 Å². The molecule has 2 aromatic rings. The van der Waals surface area contributed by atoms with Crippen LogP contribution in [-0.2, 0) is 0 Å². The molecule has 0 unspecified atom stereocenters. The maximum absolute atomic E-state index is 11.2. The second-order valence-electron chi connectivity index (χ2n) is 2.74. The van der Waals surface area contributed by atoms with E-state index in [0.29, 0.717) is 11.3 Å². The number of fused-ring (bicyclic) bond motifs is 1. The number of nitrogens with zero attached hydrogens (tertiary/aromatic N) is 2. The van der Waals surface area contributed by atoms with Crippen molar-refractivity contribution < 1.29 is 4.79 Å². The lowest BCUT2D eigenvalue weighted by atomic mass is 10.3. The average molecular weight is 225 g/mol. The Bertz CT molecular complexity index is 476. The van der Waals surface area contributed by atoms with Gasteiger partial charge in [0.1, 0.15) is 11.3 Å². The molecule has 0 saturated carbocycles. The molecule has 2 heterocycles. The fourth-order valence-electron chi connectivity index (χ4n) is 1.28. The summed E-state index contributed by atoms with van der Waals surface area (Å²) >= 11 is 5.81. The maximum Gasteiger partial charge on any atom is 0.179 e. The molecule has 0 aliphatic carbocycles. The van der Waals surface area contributed by atoms with E-state index in [-0.39, 0.29) is 10.9 Å². The number of halogens is 1. The molecule has 2 rings (SSSR count). The zero-order chi connectivity index (χ0) is 11.4. The zero-order valence-electron chi connectivity index (χ0n) is 8.99. The minimum atomic E-state index is -0.0799. The van der Waals surface area contributed by atoms with Crippen LogP contribution in [0.25, 0.3) is 5.65 Å². The maximum atomic E-state index is 11.2. The molecule has 0 radical (unpaired) electrons. The van der Waals surface area contributed by atoms with Gasteiger partial charge in [0.05, 0.1) is 0 Å². The van der Waals surface area contributed by atoms with Gasteiger partial charge in [0.15, 0.2) is 10.9 Å². The molecular formula is C11H13ClN2O. The van der Waals surface area contributed by atoms with Crippen LogP contribution in [0, 0.1) is 0 Å². The smallest absolute Gasteiger partial charge is 0.179 e. The highest BCUT2D eigenvalue weighted by Gasteiger charge is 2.12. The van der Waals surface area contributed by atoms with Crippen LogP contribution < -0.4 is 0 Å². The highest BCUT2D eigenvalue weighted by molar-refractivity contribution is 6.32. The Hall–Kier alpha value is -1.35. The molecule has 0 aliphatic rings. The summed E-state index contributed by atoms with van der Waals surface area (Å²) in [6, 6.07) is 5.48. The quantitative estimate of drug-likeness (QED) is 0.697. The lowest BCUT2D eigenvalue weighted by Gasteiger charge is -1.95. The number of hydrogen-bond donors (Lipinski definition) is 0. The van der Waals surface area contributed by atoms with Gasteiger partial charge in [0.25, 0.3) is 0 Å². The molecule has 0 atom stereocenters. The molecule has 0 spiro atoms. The molecule has 0 saturated heterocycles. The first-order valence-electron chi connectivity index (χ1n) is 4.83. The number of hydrogen-bond acceptors (Lipinski definition) is 2. The van der Waals surface area contributed by atoms with Gasteiger partial charge in [-0.3, -0.25) is 9.20 Å². The fraction of sp³-hybridized carbons (Fsp3) is 0.273. The van der Waals surface area contributed by atoms with E-state index in [4.69, 9.17) is 11.6 Å². The largest absolute Gasteiger partial charge is 0.296 e. The van der Waals surface area contributed by atoms with Crippen molar-refractivity contribution in [3.63, 3.8) is 0 Å². The monoisotopic (exact) mass is 224 g/mol. The lowest BCUT2D eigenvalue weighted by Crippen LogP contribution is -1.98. The minimum Gasteiger partial charge on any atom is -0.296 e. The Morgan fingerprint density at radius 3 is 2.67 bits per heavy atom. The molecule has 15 heavy (non-hydrogen) atoms. The number of pyridine rings is 1. The molecule has 0 amide bonds. The van der Waals surface area contributed by atoms with Crippen molar-refractivity contribution in [2.24, 2.45) is 0 Å². The van der Waals surface area contributed by atoms with Gasteiger partial charge in [-0.2, -0.15) is 0 Å². The standard InChI is InChI=1S/C9H7ClN2O.C2H6/c1-6(13)8-9(10)11-7-4-2-3-5-12(7)8;1-2/h2-5H,1H3;1-2H3. The van der Waals surface area contributed by atoms with Crippen LogP contribution in [0.3, 0.4) is 0 Å². The van der Waals surface area contributed by atoms with E-state index in [1.807, 2.05) is 26.0 Å². The Morgan fingerprint density at radius 1 is 1.40 bits per heavy atom. The summed E-state index contributed by atoms with van der Waals surface area (Å²) in [5.74, 6) is -0.0799. The summed E-state index contributed by atoms with van der Waals surface area (Å²) in [4.78, 5) is 15.2. The number of ketones is 1. The third kappa shape index (κ3) is 2.18. The van der Waals surface area contributed by atoms with Crippen LogP contribution in [0.5, 0.6) is 0 Å². The van der Waals surface area contributed by atoms with E-state index >= 15 is 0 Å². The average Bonchev–Trinajstić information content (AvgIpc) is 2.56. The Balaban J connectivity index is 0.000000531. The number of carbonyl (C=O) groups is 1. The highest BCUT2D eigenvalue weighted by atomic mass is 35.5.